The fraction of sp³-hybridized carbons (Fsp3) is 0.0667. The van der Waals surface area contributed by atoms with Gasteiger partial charge in [-0.05, 0) is 23.8 Å². The fourth-order valence-electron chi connectivity index (χ4n) is 1.52. The van der Waals surface area contributed by atoms with E-state index >= 15 is 0 Å². The van der Waals surface area contributed by atoms with Crippen molar-refractivity contribution in [2.45, 2.75) is 4.90 Å². The van der Waals surface area contributed by atoms with Crippen molar-refractivity contribution in [2.24, 2.45) is 0 Å². The number of nitrogens with zero attached hydrogens (tertiary/aromatic N) is 1. The van der Waals surface area contributed by atoms with Crippen LogP contribution in [0.1, 0.15) is 11.3 Å². The van der Waals surface area contributed by atoms with Crippen LogP contribution in [0.3, 0.4) is 0 Å². The lowest BCUT2D eigenvalue weighted by atomic mass is 10.2. The average Bonchev–Trinajstić information content (AvgIpc) is 2.45. The van der Waals surface area contributed by atoms with Gasteiger partial charge in [-0.3, -0.25) is 4.79 Å². The van der Waals surface area contributed by atoms with E-state index in [1.165, 1.54) is 11.0 Å². The monoisotopic (exact) mass is 270 g/mol. The van der Waals surface area contributed by atoms with Crippen LogP contribution < -0.4 is 5.56 Å². The topological polar surface area (TPSA) is 45.8 Å². The summed E-state index contributed by atoms with van der Waals surface area (Å²) in [6.45, 7) is 3.72. The molecule has 0 aliphatic rings. The summed E-state index contributed by atoms with van der Waals surface area (Å²) in [6, 6.07) is 11.3. The standard InChI is InChI=1S/C15H14N2OS/c1-2-11-19-14-6-4-3-5-12(14)7-8-13-9-10-15(18)17-16-13/h2-10H,1,11H2,(H,17,18). The molecular formula is C15H14N2OS. The van der Waals surface area contributed by atoms with E-state index in [0.717, 1.165) is 17.0 Å². The summed E-state index contributed by atoms with van der Waals surface area (Å²) in [5, 5.41) is 6.35. The summed E-state index contributed by atoms with van der Waals surface area (Å²) in [4.78, 5) is 12.1. The largest absolute Gasteiger partial charge is 0.268 e. The van der Waals surface area contributed by atoms with Crippen molar-refractivity contribution in [3.05, 3.63) is 70.7 Å². The SMILES string of the molecule is C=CCSc1ccccc1C=Cc1ccc(=O)[nH]n1. The van der Waals surface area contributed by atoms with Crippen LogP contribution in [0.15, 0.2) is 58.7 Å². The molecule has 0 aliphatic carbocycles. The first-order valence-corrected chi connectivity index (χ1v) is 6.84. The maximum absolute atomic E-state index is 10.9. The summed E-state index contributed by atoms with van der Waals surface area (Å²) in [7, 11) is 0. The summed E-state index contributed by atoms with van der Waals surface area (Å²) in [5.41, 5.74) is 1.66. The van der Waals surface area contributed by atoms with Crippen molar-refractivity contribution in [3.63, 3.8) is 0 Å². The second-order valence-corrected chi connectivity index (χ2v) is 4.88. The average molecular weight is 270 g/mol. The van der Waals surface area contributed by atoms with Gasteiger partial charge in [-0.1, -0.05) is 30.4 Å². The van der Waals surface area contributed by atoms with E-state index in [0.29, 0.717) is 0 Å². The van der Waals surface area contributed by atoms with Crippen molar-refractivity contribution in [2.75, 3.05) is 5.75 Å². The second-order valence-electron chi connectivity index (χ2n) is 3.82. The minimum Gasteiger partial charge on any atom is -0.268 e. The highest BCUT2D eigenvalue weighted by atomic mass is 32.2. The Balaban J connectivity index is 2.20. The van der Waals surface area contributed by atoms with Gasteiger partial charge in [-0.25, -0.2) is 5.10 Å². The molecular weight excluding hydrogens is 256 g/mol. The quantitative estimate of drug-likeness (QED) is 0.670. The minimum absolute atomic E-state index is 0.195. The number of benzene rings is 1. The van der Waals surface area contributed by atoms with Crippen molar-refractivity contribution in [1.82, 2.24) is 10.2 Å². The zero-order chi connectivity index (χ0) is 13.5. The van der Waals surface area contributed by atoms with Crippen LogP contribution in [0.4, 0.5) is 0 Å². The third kappa shape index (κ3) is 3.96. The molecule has 2 rings (SSSR count). The molecule has 1 aromatic heterocycles. The van der Waals surface area contributed by atoms with Crippen LogP contribution in [0, 0.1) is 0 Å². The van der Waals surface area contributed by atoms with E-state index in [1.54, 1.807) is 17.8 Å². The van der Waals surface area contributed by atoms with E-state index in [9.17, 15) is 4.79 Å². The zero-order valence-corrected chi connectivity index (χ0v) is 11.2. The van der Waals surface area contributed by atoms with Gasteiger partial charge in [-0.2, -0.15) is 5.10 Å². The first-order valence-electron chi connectivity index (χ1n) is 5.86. The summed E-state index contributed by atoms with van der Waals surface area (Å²) >= 11 is 1.74. The van der Waals surface area contributed by atoms with Crippen molar-refractivity contribution >= 4 is 23.9 Å². The first-order chi connectivity index (χ1) is 9.29. The molecule has 1 N–H and O–H groups in total. The number of nitrogens with one attached hydrogen (secondary N) is 1. The van der Waals surface area contributed by atoms with Gasteiger partial charge in [-0.15, -0.1) is 18.3 Å². The van der Waals surface area contributed by atoms with Gasteiger partial charge in [0.05, 0.1) is 5.69 Å². The minimum atomic E-state index is -0.195. The Kier molecular flexibility index (Phi) is 4.75. The third-order valence-corrected chi connectivity index (χ3v) is 3.50. The molecule has 1 aromatic carbocycles. The van der Waals surface area contributed by atoms with Gasteiger partial charge in [0.15, 0.2) is 0 Å². The van der Waals surface area contributed by atoms with Crippen molar-refractivity contribution in [1.29, 1.82) is 0 Å². The lowest BCUT2D eigenvalue weighted by molar-refractivity contribution is 0.977. The van der Waals surface area contributed by atoms with E-state index in [4.69, 9.17) is 0 Å². The van der Waals surface area contributed by atoms with Crippen LogP contribution >= 0.6 is 11.8 Å². The van der Waals surface area contributed by atoms with Gasteiger partial charge in [0.25, 0.3) is 5.56 Å². The highest BCUT2D eigenvalue weighted by molar-refractivity contribution is 7.99. The van der Waals surface area contributed by atoms with Crippen LogP contribution in [-0.2, 0) is 0 Å². The maximum atomic E-state index is 10.9. The number of aromatic amines is 1. The highest BCUT2D eigenvalue weighted by Crippen LogP contribution is 2.24. The van der Waals surface area contributed by atoms with E-state index in [-0.39, 0.29) is 5.56 Å². The lowest BCUT2D eigenvalue weighted by Gasteiger charge is -2.03. The second kappa shape index (κ2) is 6.75. The Labute approximate surface area is 116 Å². The third-order valence-electron chi connectivity index (χ3n) is 2.41. The molecule has 4 heteroatoms. The van der Waals surface area contributed by atoms with Gasteiger partial charge in [0.2, 0.25) is 0 Å². The maximum Gasteiger partial charge on any atom is 0.264 e. The Hall–Kier alpha value is -2.07. The molecule has 0 unspecified atom stereocenters. The lowest BCUT2D eigenvalue weighted by Crippen LogP contribution is -2.05. The van der Waals surface area contributed by atoms with Crippen LogP contribution in [0.5, 0.6) is 0 Å². The molecule has 0 bridgehead atoms. The number of thioether (sulfide) groups is 1. The smallest absolute Gasteiger partial charge is 0.264 e. The Morgan fingerprint density at radius 2 is 2.05 bits per heavy atom. The van der Waals surface area contributed by atoms with Crippen LogP contribution in [0.2, 0.25) is 0 Å². The molecule has 0 amide bonds. The molecule has 0 atom stereocenters. The molecule has 0 aliphatic heterocycles. The molecule has 0 radical (unpaired) electrons. The normalized spacial score (nSPS) is 10.7. The van der Waals surface area contributed by atoms with Crippen LogP contribution in [-0.4, -0.2) is 16.0 Å². The van der Waals surface area contributed by atoms with Gasteiger partial charge >= 0.3 is 0 Å². The summed E-state index contributed by atoms with van der Waals surface area (Å²) in [6.07, 6.45) is 5.75. The predicted molar refractivity (Wildman–Crippen MR) is 81.1 cm³/mol. The van der Waals surface area contributed by atoms with Crippen LogP contribution in [0.25, 0.3) is 12.2 Å². The molecule has 96 valence electrons. The number of aromatic nitrogens is 2. The van der Waals surface area contributed by atoms with E-state index in [2.05, 4.69) is 22.8 Å². The Morgan fingerprint density at radius 1 is 1.21 bits per heavy atom. The molecule has 2 aromatic rings. The van der Waals surface area contributed by atoms with Crippen molar-refractivity contribution in [3.8, 4) is 0 Å². The highest BCUT2D eigenvalue weighted by Gasteiger charge is 1.98. The van der Waals surface area contributed by atoms with E-state index in [1.807, 2.05) is 36.4 Å². The fourth-order valence-corrected chi connectivity index (χ4v) is 2.30. The number of H-pyrrole nitrogens is 1. The number of hydrogen-bond donors (Lipinski definition) is 1. The zero-order valence-electron chi connectivity index (χ0n) is 10.4. The Morgan fingerprint density at radius 3 is 2.79 bits per heavy atom. The molecule has 0 saturated carbocycles. The van der Waals surface area contributed by atoms with Gasteiger partial charge in [0.1, 0.15) is 0 Å². The molecule has 0 spiro atoms. The summed E-state index contributed by atoms with van der Waals surface area (Å²) < 4.78 is 0. The molecule has 3 nitrogen and oxygen atoms in total. The van der Waals surface area contributed by atoms with Gasteiger partial charge < -0.3 is 0 Å². The molecule has 0 fully saturated rings. The Bertz CT molecular complexity index is 626. The molecule has 19 heavy (non-hydrogen) atoms. The van der Waals surface area contributed by atoms with Crippen molar-refractivity contribution < 1.29 is 0 Å². The van der Waals surface area contributed by atoms with Gasteiger partial charge in [0, 0.05) is 16.7 Å². The van der Waals surface area contributed by atoms with E-state index < -0.39 is 0 Å². The number of hydrogen-bond acceptors (Lipinski definition) is 3. The predicted octanol–water partition coefficient (Wildman–Crippen LogP) is 3.22. The number of rotatable bonds is 5. The summed E-state index contributed by atoms with van der Waals surface area (Å²) in [5.74, 6) is 0.877. The first kappa shape index (κ1) is 13.4. The molecule has 1 heterocycles. The molecule has 0 saturated heterocycles.